The van der Waals surface area contributed by atoms with Crippen LogP contribution in [0.15, 0.2) is 84.9 Å². The number of carbonyl (C=O) groups is 2. The number of rotatable bonds is 6. The van der Waals surface area contributed by atoms with Gasteiger partial charge in [0.15, 0.2) is 0 Å². The fourth-order valence-corrected chi connectivity index (χ4v) is 3.59. The molecule has 0 spiro atoms. The summed E-state index contributed by atoms with van der Waals surface area (Å²) in [5, 5.41) is 3.64. The Balaban J connectivity index is 1.58. The number of benzene rings is 3. The molecule has 1 heterocycles. The first kappa shape index (κ1) is 22.0. The Labute approximate surface area is 190 Å². The molecule has 33 heavy (non-hydrogen) atoms. The first-order valence-electron chi connectivity index (χ1n) is 10.4. The Bertz CT molecular complexity index is 1290. The Morgan fingerprint density at radius 3 is 2.45 bits per heavy atom. The summed E-state index contributed by atoms with van der Waals surface area (Å²) in [7, 11) is 1.65. The van der Waals surface area contributed by atoms with Gasteiger partial charge in [0, 0.05) is 24.5 Å². The topological polar surface area (TPSA) is 88.3 Å². The van der Waals surface area contributed by atoms with Gasteiger partial charge in [-0.2, -0.15) is 0 Å². The number of hydrogen-bond acceptors (Lipinski definition) is 4. The van der Waals surface area contributed by atoms with Crippen LogP contribution >= 0.6 is 0 Å². The second-order valence-corrected chi connectivity index (χ2v) is 7.78. The van der Waals surface area contributed by atoms with E-state index in [1.807, 2.05) is 18.2 Å². The van der Waals surface area contributed by atoms with Crippen LogP contribution in [-0.4, -0.2) is 28.7 Å². The molecule has 0 fully saturated rings. The fraction of sp³-hybridized carbons (Fsp3) is 0.115. The van der Waals surface area contributed by atoms with Gasteiger partial charge in [-0.3, -0.25) is 9.59 Å². The lowest BCUT2D eigenvalue weighted by Gasteiger charge is -2.25. The predicted octanol–water partition coefficient (Wildman–Crippen LogP) is 4.09. The zero-order valence-electron chi connectivity index (χ0n) is 18.0. The molecular weight excluding hydrogens is 419 g/mol. The third-order valence-electron chi connectivity index (χ3n) is 5.34. The van der Waals surface area contributed by atoms with Crippen LogP contribution in [-0.2, 0) is 11.3 Å². The molecule has 0 radical (unpaired) electrons. The number of amides is 2. The minimum Gasteiger partial charge on any atom is -0.384 e. The molecule has 3 aromatic carbocycles. The number of carbonyl (C=O) groups excluding carboxylic acids is 2. The van der Waals surface area contributed by atoms with Crippen molar-refractivity contribution in [1.82, 2.24) is 15.2 Å². The predicted molar refractivity (Wildman–Crippen MR) is 126 cm³/mol. The number of nitrogen functional groups attached to an aromatic ring is 1. The first-order valence-corrected chi connectivity index (χ1v) is 10.4. The number of hydrogen-bond donors (Lipinski definition) is 2. The summed E-state index contributed by atoms with van der Waals surface area (Å²) in [5.41, 5.74) is 8.26. The molecule has 0 saturated heterocycles. The molecule has 2 amide bonds. The van der Waals surface area contributed by atoms with Crippen molar-refractivity contribution in [2.45, 2.75) is 12.6 Å². The number of pyridine rings is 1. The summed E-state index contributed by atoms with van der Waals surface area (Å²) in [6.45, 7) is 0.279. The Morgan fingerprint density at radius 2 is 1.73 bits per heavy atom. The van der Waals surface area contributed by atoms with Gasteiger partial charge in [-0.1, -0.05) is 42.5 Å². The summed E-state index contributed by atoms with van der Waals surface area (Å²) >= 11 is 0. The average molecular weight is 442 g/mol. The van der Waals surface area contributed by atoms with Crippen LogP contribution in [0.5, 0.6) is 0 Å². The van der Waals surface area contributed by atoms with Gasteiger partial charge in [-0.15, -0.1) is 0 Å². The van der Waals surface area contributed by atoms with E-state index in [4.69, 9.17) is 5.73 Å². The van der Waals surface area contributed by atoms with Crippen LogP contribution in [0.25, 0.3) is 10.9 Å². The second-order valence-electron chi connectivity index (χ2n) is 7.78. The minimum absolute atomic E-state index is 0.279. The summed E-state index contributed by atoms with van der Waals surface area (Å²) in [6, 6.07) is 22.7. The molecule has 0 aliphatic heterocycles. The number of fused-ring (bicyclic) bond motifs is 1. The lowest BCUT2D eigenvalue weighted by molar-refractivity contribution is -0.132. The summed E-state index contributed by atoms with van der Waals surface area (Å²) in [5.74, 6) is -0.603. The number of anilines is 1. The molecule has 0 aliphatic rings. The van der Waals surface area contributed by atoms with Gasteiger partial charge in [0.2, 0.25) is 5.91 Å². The van der Waals surface area contributed by atoms with E-state index in [9.17, 15) is 14.0 Å². The molecule has 0 aliphatic carbocycles. The van der Waals surface area contributed by atoms with Gasteiger partial charge in [-0.25, -0.2) is 9.37 Å². The van der Waals surface area contributed by atoms with E-state index in [1.165, 1.54) is 17.0 Å². The van der Waals surface area contributed by atoms with Crippen molar-refractivity contribution in [3.8, 4) is 0 Å². The van der Waals surface area contributed by atoms with Crippen LogP contribution in [0.2, 0.25) is 0 Å². The Kier molecular flexibility index (Phi) is 6.31. The van der Waals surface area contributed by atoms with Gasteiger partial charge < -0.3 is 16.0 Å². The highest BCUT2D eigenvalue weighted by molar-refractivity contribution is 6.00. The molecule has 6 nitrogen and oxygen atoms in total. The van der Waals surface area contributed by atoms with E-state index < -0.39 is 6.04 Å². The number of nitrogens with one attached hydrogen (secondary N) is 1. The highest BCUT2D eigenvalue weighted by atomic mass is 19.1. The molecule has 7 heteroatoms. The van der Waals surface area contributed by atoms with Crippen molar-refractivity contribution in [1.29, 1.82) is 0 Å². The molecular formula is C26H23FN4O2. The van der Waals surface area contributed by atoms with Crippen molar-refractivity contribution in [3.63, 3.8) is 0 Å². The van der Waals surface area contributed by atoms with Gasteiger partial charge in [-0.05, 0) is 53.6 Å². The maximum Gasteiger partial charge on any atom is 0.252 e. The molecule has 4 rings (SSSR count). The second kappa shape index (κ2) is 9.48. The zero-order chi connectivity index (χ0) is 23.4. The molecule has 0 unspecified atom stereocenters. The maximum atomic E-state index is 13.3. The molecule has 0 bridgehead atoms. The lowest BCUT2D eigenvalue weighted by atomic mass is 10.0. The van der Waals surface area contributed by atoms with Gasteiger partial charge in [0.1, 0.15) is 17.7 Å². The number of nitrogens with zero attached hydrogens (tertiary/aromatic N) is 2. The number of aromatic nitrogens is 1. The lowest BCUT2D eigenvalue weighted by Crippen LogP contribution is -2.41. The molecule has 1 aromatic heterocycles. The van der Waals surface area contributed by atoms with E-state index in [0.717, 1.165) is 10.9 Å². The van der Waals surface area contributed by atoms with Crippen LogP contribution in [0.3, 0.4) is 0 Å². The Morgan fingerprint density at radius 1 is 1.00 bits per heavy atom. The van der Waals surface area contributed by atoms with E-state index >= 15 is 0 Å². The molecule has 166 valence electrons. The monoisotopic (exact) mass is 442 g/mol. The standard InChI is InChI=1S/C26H23FN4O2/c1-31(16-17-7-11-21(27)12-8-17)26(33)24(18-5-3-2-4-6-18)30-25(32)20-9-13-22-19(15-20)10-14-23(28)29-22/h2-15,24H,16H2,1H3,(H2,28,29)(H,30,32)/t24-/m0/s1. The van der Waals surface area contributed by atoms with Crippen molar-refractivity contribution >= 4 is 28.5 Å². The highest BCUT2D eigenvalue weighted by Gasteiger charge is 2.26. The maximum absolute atomic E-state index is 13.3. The van der Waals surface area contributed by atoms with Crippen LogP contribution < -0.4 is 11.1 Å². The van der Waals surface area contributed by atoms with Gasteiger partial charge in [0.05, 0.1) is 5.52 Å². The van der Waals surface area contributed by atoms with Crippen molar-refractivity contribution < 1.29 is 14.0 Å². The SMILES string of the molecule is CN(Cc1ccc(F)cc1)C(=O)[C@@H](NC(=O)c1ccc2nc(N)ccc2c1)c1ccccc1. The van der Waals surface area contributed by atoms with Gasteiger partial charge in [0.25, 0.3) is 5.91 Å². The van der Waals surface area contributed by atoms with Crippen molar-refractivity contribution in [3.05, 3.63) is 107 Å². The van der Waals surface area contributed by atoms with E-state index in [-0.39, 0.29) is 24.2 Å². The third-order valence-corrected chi connectivity index (χ3v) is 5.34. The van der Waals surface area contributed by atoms with Crippen molar-refractivity contribution in [2.24, 2.45) is 0 Å². The molecule has 4 aromatic rings. The van der Waals surface area contributed by atoms with E-state index in [1.54, 1.807) is 61.6 Å². The average Bonchev–Trinajstić information content (AvgIpc) is 2.83. The number of halogens is 1. The third kappa shape index (κ3) is 5.15. The summed E-state index contributed by atoms with van der Waals surface area (Å²) in [6.07, 6.45) is 0. The number of likely N-dealkylation sites (N-methyl/N-ethyl adjacent to an activating group) is 1. The Hall–Kier alpha value is -4.26. The fourth-order valence-electron chi connectivity index (χ4n) is 3.59. The zero-order valence-corrected chi connectivity index (χ0v) is 18.0. The summed E-state index contributed by atoms with van der Waals surface area (Å²) in [4.78, 5) is 32.2. The molecule has 3 N–H and O–H groups in total. The number of nitrogens with two attached hydrogens (primary N) is 1. The normalized spacial score (nSPS) is 11.7. The van der Waals surface area contributed by atoms with Crippen LogP contribution in [0.4, 0.5) is 10.2 Å². The molecule has 0 saturated carbocycles. The van der Waals surface area contributed by atoms with E-state index in [2.05, 4.69) is 10.3 Å². The minimum atomic E-state index is -0.885. The quantitative estimate of drug-likeness (QED) is 0.471. The largest absolute Gasteiger partial charge is 0.384 e. The van der Waals surface area contributed by atoms with Gasteiger partial charge >= 0.3 is 0 Å². The smallest absolute Gasteiger partial charge is 0.252 e. The molecule has 1 atom stereocenters. The summed E-state index contributed by atoms with van der Waals surface area (Å²) < 4.78 is 13.2. The first-order chi connectivity index (χ1) is 15.9. The highest BCUT2D eigenvalue weighted by Crippen LogP contribution is 2.20. The van der Waals surface area contributed by atoms with E-state index in [0.29, 0.717) is 22.5 Å². The van der Waals surface area contributed by atoms with Crippen LogP contribution in [0.1, 0.15) is 27.5 Å². The van der Waals surface area contributed by atoms with Crippen LogP contribution in [0, 0.1) is 5.82 Å². The van der Waals surface area contributed by atoms with Crippen molar-refractivity contribution in [2.75, 3.05) is 12.8 Å².